The molecule has 0 unspecified atom stereocenters. The number of nitrogens with one attached hydrogen (secondary N) is 1. The first-order chi connectivity index (χ1) is 14.9. The lowest BCUT2D eigenvalue weighted by Gasteiger charge is -2.27. The molecule has 0 aliphatic carbocycles. The molecule has 0 radical (unpaired) electrons. The van der Waals surface area contributed by atoms with Crippen molar-refractivity contribution in [1.82, 2.24) is 10.2 Å². The van der Waals surface area contributed by atoms with E-state index >= 15 is 0 Å². The van der Waals surface area contributed by atoms with Gasteiger partial charge in [0.1, 0.15) is 11.5 Å². The van der Waals surface area contributed by atoms with Crippen molar-refractivity contribution in [3.05, 3.63) is 46.6 Å². The summed E-state index contributed by atoms with van der Waals surface area (Å²) in [5.74, 6) is 0.703. The maximum Gasteiger partial charge on any atom is 0.415 e. The van der Waals surface area contributed by atoms with Gasteiger partial charge in [0.05, 0.1) is 0 Å². The van der Waals surface area contributed by atoms with Gasteiger partial charge in [0.25, 0.3) is 0 Å². The Morgan fingerprint density at radius 1 is 1.16 bits per heavy atom. The van der Waals surface area contributed by atoms with Gasteiger partial charge in [-0.15, -0.1) is 0 Å². The summed E-state index contributed by atoms with van der Waals surface area (Å²) in [4.78, 5) is 14.4. The molecule has 0 saturated carbocycles. The number of benzene rings is 1. The fraction of sp³-hybridized carbons (Fsp3) is 0.577. The first kappa shape index (κ1) is 25.0. The summed E-state index contributed by atoms with van der Waals surface area (Å²) in [6, 6.07) is 3.77. The molecule has 2 rings (SSSR count). The van der Waals surface area contributed by atoms with E-state index in [1.807, 2.05) is 12.1 Å². The number of nitrogens with zero attached hydrogens (tertiary/aromatic N) is 1. The number of phenols is 1. The van der Waals surface area contributed by atoms with Gasteiger partial charge in [0.15, 0.2) is 0 Å². The van der Waals surface area contributed by atoms with Gasteiger partial charge in [-0.1, -0.05) is 43.1 Å². The molecule has 1 heterocycles. The summed E-state index contributed by atoms with van der Waals surface area (Å²) >= 11 is 0. The Morgan fingerprint density at radius 2 is 1.90 bits per heavy atom. The second-order valence-corrected chi connectivity index (χ2v) is 8.73. The average molecular weight is 429 g/mol. The number of phenolic OH excluding ortho intramolecular Hbond substituents is 1. The number of allylic oxidation sites excluding steroid dienone is 4. The fourth-order valence-electron chi connectivity index (χ4n) is 3.68. The van der Waals surface area contributed by atoms with Crippen LogP contribution in [0.5, 0.6) is 11.5 Å². The van der Waals surface area contributed by atoms with E-state index in [9.17, 15) is 9.90 Å². The number of hydrogen-bond donors (Lipinski definition) is 2. The molecule has 5 heteroatoms. The van der Waals surface area contributed by atoms with Crippen LogP contribution in [0, 0.1) is 0 Å². The number of ether oxygens (including phenoxy) is 1. The Morgan fingerprint density at radius 3 is 2.58 bits per heavy atom. The van der Waals surface area contributed by atoms with Gasteiger partial charge in [0.2, 0.25) is 0 Å². The van der Waals surface area contributed by atoms with Crippen molar-refractivity contribution >= 4 is 6.09 Å². The van der Waals surface area contributed by atoms with E-state index in [4.69, 9.17) is 4.74 Å². The minimum absolute atomic E-state index is 0.213. The van der Waals surface area contributed by atoms with Gasteiger partial charge in [-0.3, -0.25) is 0 Å². The highest BCUT2D eigenvalue weighted by Crippen LogP contribution is 2.32. The van der Waals surface area contributed by atoms with Gasteiger partial charge in [0, 0.05) is 31.7 Å². The summed E-state index contributed by atoms with van der Waals surface area (Å²) in [7, 11) is 0. The van der Waals surface area contributed by atoms with E-state index in [1.54, 1.807) is 4.90 Å². The van der Waals surface area contributed by atoms with E-state index in [0.717, 1.165) is 57.2 Å². The van der Waals surface area contributed by atoms with Crippen molar-refractivity contribution in [3.8, 4) is 11.5 Å². The zero-order chi connectivity index (χ0) is 22.6. The van der Waals surface area contributed by atoms with Crippen molar-refractivity contribution in [2.24, 2.45) is 0 Å². The van der Waals surface area contributed by atoms with Crippen LogP contribution < -0.4 is 10.1 Å². The number of aromatic hydroxyl groups is 1. The van der Waals surface area contributed by atoms with Crippen LogP contribution in [0.1, 0.15) is 70.9 Å². The van der Waals surface area contributed by atoms with Gasteiger partial charge in [-0.25, -0.2) is 4.79 Å². The molecule has 31 heavy (non-hydrogen) atoms. The third-order valence-corrected chi connectivity index (χ3v) is 5.63. The predicted octanol–water partition coefficient (Wildman–Crippen LogP) is 5.76. The van der Waals surface area contributed by atoms with E-state index in [0.29, 0.717) is 30.8 Å². The molecular weight excluding hydrogens is 388 g/mol. The van der Waals surface area contributed by atoms with Crippen molar-refractivity contribution in [2.45, 2.75) is 72.6 Å². The summed E-state index contributed by atoms with van der Waals surface area (Å²) in [5, 5.41) is 14.0. The number of rotatable bonds is 10. The maximum atomic E-state index is 12.7. The zero-order valence-corrected chi connectivity index (χ0v) is 19.8. The van der Waals surface area contributed by atoms with Crippen molar-refractivity contribution in [2.75, 3.05) is 26.2 Å². The van der Waals surface area contributed by atoms with Crippen LogP contribution >= 0.6 is 0 Å². The summed E-state index contributed by atoms with van der Waals surface area (Å²) < 4.78 is 5.82. The Hall–Kier alpha value is -2.27. The highest BCUT2D eigenvalue weighted by atomic mass is 16.6. The van der Waals surface area contributed by atoms with Crippen molar-refractivity contribution in [3.63, 3.8) is 0 Å². The third-order valence-electron chi connectivity index (χ3n) is 5.63. The zero-order valence-electron chi connectivity index (χ0n) is 19.8. The van der Waals surface area contributed by atoms with Crippen LogP contribution in [0.4, 0.5) is 4.79 Å². The van der Waals surface area contributed by atoms with Crippen molar-refractivity contribution in [1.29, 1.82) is 0 Å². The molecule has 2 N–H and O–H groups in total. The fourth-order valence-corrected chi connectivity index (χ4v) is 3.68. The van der Waals surface area contributed by atoms with Crippen LogP contribution in [0.3, 0.4) is 0 Å². The topological polar surface area (TPSA) is 61.8 Å². The molecule has 1 saturated heterocycles. The number of amides is 1. The summed E-state index contributed by atoms with van der Waals surface area (Å²) in [5.41, 5.74) is 4.29. The first-order valence-electron chi connectivity index (χ1n) is 11.7. The largest absolute Gasteiger partial charge is 0.508 e. The van der Waals surface area contributed by atoms with E-state index < -0.39 is 0 Å². The predicted molar refractivity (Wildman–Crippen MR) is 128 cm³/mol. The molecule has 1 aromatic rings. The average Bonchev–Trinajstić information content (AvgIpc) is 2.73. The Balaban J connectivity index is 2.18. The smallest absolute Gasteiger partial charge is 0.415 e. The van der Waals surface area contributed by atoms with E-state index in [-0.39, 0.29) is 11.8 Å². The normalized spacial score (nSPS) is 14.5. The number of hydrogen-bond acceptors (Lipinski definition) is 4. The molecule has 1 aliphatic rings. The van der Waals surface area contributed by atoms with E-state index in [1.165, 1.54) is 11.1 Å². The Labute approximate surface area is 188 Å². The van der Waals surface area contributed by atoms with E-state index in [2.05, 4.69) is 45.2 Å². The molecule has 1 aromatic carbocycles. The molecule has 1 amide bonds. The Bertz CT molecular complexity index is 773. The molecule has 0 spiro atoms. The number of piperazine rings is 1. The standard InChI is InChI=1S/C26H40N2O3/c1-5-6-7-11-22-18-24(29)23(13-12-21(4)10-8-9-20(2)3)25(19-22)31-26(30)28-16-14-27-15-17-28/h9,12,18-19,27,29H,5-8,10-11,13-17H2,1-4H3. The second kappa shape index (κ2) is 13.2. The monoisotopic (exact) mass is 428 g/mol. The van der Waals surface area contributed by atoms with Crippen LogP contribution in [0.25, 0.3) is 0 Å². The summed E-state index contributed by atoms with van der Waals surface area (Å²) in [6.45, 7) is 11.3. The molecule has 5 nitrogen and oxygen atoms in total. The lowest BCUT2D eigenvalue weighted by molar-refractivity contribution is 0.145. The number of unbranched alkanes of at least 4 members (excludes halogenated alkanes) is 2. The number of aryl methyl sites for hydroxylation is 1. The molecule has 0 atom stereocenters. The highest BCUT2D eigenvalue weighted by molar-refractivity contribution is 5.72. The van der Waals surface area contributed by atoms with Crippen LogP contribution in [0.15, 0.2) is 35.4 Å². The van der Waals surface area contributed by atoms with Gasteiger partial charge >= 0.3 is 6.09 Å². The van der Waals surface area contributed by atoms with Crippen LogP contribution in [-0.2, 0) is 12.8 Å². The van der Waals surface area contributed by atoms with Crippen molar-refractivity contribution < 1.29 is 14.6 Å². The number of carbonyl (C=O) groups excluding carboxylic acids is 1. The summed E-state index contributed by atoms with van der Waals surface area (Å²) in [6.07, 6.45) is 10.8. The second-order valence-electron chi connectivity index (χ2n) is 8.73. The third kappa shape index (κ3) is 8.78. The maximum absolute atomic E-state index is 12.7. The molecule has 1 aliphatic heterocycles. The quantitative estimate of drug-likeness (QED) is 0.367. The minimum atomic E-state index is -0.336. The lowest BCUT2D eigenvalue weighted by atomic mass is 10.00. The Kier molecular flexibility index (Phi) is 10.6. The SMILES string of the molecule is CCCCCc1cc(O)c(CC=C(C)CCC=C(C)C)c(OC(=O)N2CCNCC2)c1. The molecule has 0 bridgehead atoms. The first-order valence-corrected chi connectivity index (χ1v) is 11.7. The minimum Gasteiger partial charge on any atom is -0.508 e. The van der Waals surface area contributed by atoms with Gasteiger partial charge in [-0.05, 0) is 70.6 Å². The number of carbonyl (C=O) groups is 1. The lowest BCUT2D eigenvalue weighted by Crippen LogP contribution is -2.47. The highest BCUT2D eigenvalue weighted by Gasteiger charge is 2.21. The van der Waals surface area contributed by atoms with Crippen LogP contribution in [-0.4, -0.2) is 42.3 Å². The molecule has 1 fully saturated rings. The van der Waals surface area contributed by atoms with Crippen LogP contribution in [0.2, 0.25) is 0 Å². The molecule has 172 valence electrons. The molecule has 0 aromatic heterocycles. The molecular formula is C26H40N2O3. The van der Waals surface area contributed by atoms with Gasteiger partial charge < -0.3 is 20.1 Å². The van der Waals surface area contributed by atoms with Gasteiger partial charge in [-0.2, -0.15) is 0 Å².